The zero-order valence-corrected chi connectivity index (χ0v) is 43.5. The number of nitrogens with one attached hydrogen (secondary N) is 4. The van der Waals surface area contributed by atoms with Gasteiger partial charge in [0, 0.05) is 31.2 Å². The molecule has 5 heterocycles. The number of hydrogen-bond acceptors (Lipinski definition) is 16. The summed E-state index contributed by atoms with van der Waals surface area (Å²) in [5.41, 5.74) is 6.09. The third-order valence-corrected chi connectivity index (χ3v) is 14.4. The number of thiazole rings is 1. The van der Waals surface area contributed by atoms with E-state index in [4.69, 9.17) is 23.9 Å². The van der Waals surface area contributed by atoms with Gasteiger partial charge in [0.2, 0.25) is 23.7 Å². The highest BCUT2D eigenvalue weighted by Crippen LogP contribution is 2.43. The topological polar surface area (TPSA) is 229 Å². The number of aromatic nitrogens is 6. The molecule has 1 aliphatic carbocycles. The highest BCUT2D eigenvalue weighted by atomic mass is 32.1. The number of ether oxygens (including phenoxy) is 4. The number of nitrogens with zero attached hydrogens (tertiary/aromatic N) is 8. The Labute approximate surface area is 430 Å². The molecule has 1 saturated carbocycles. The first-order valence-electron chi connectivity index (χ1n) is 25.2. The summed E-state index contributed by atoms with van der Waals surface area (Å²) in [7, 11) is 1.55. The summed E-state index contributed by atoms with van der Waals surface area (Å²) in [5, 5.41) is 20.7. The molecule has 20 nitrogen and oxygen atoms in total. The van der Waals surface area contributed by atoms with Crippen molar-refractivity contribution >= 4 is 52.4 Å². The molecule has 1 unspecified atom stereocenters. The summed E-state index contributed by atoms with van der Waals surface area (Å²) in [6, 6.07) is 12.1. The molecule has 2 aliphatic heterocycles. The van der Waals surface area contributed by atoms with Crippen molar-refractivity contribution in [2.75, 3.05) is 70.1 Å². The molecular formula is C52H68N12O8S. The molecule has 0 spiro atoms. The fraction of sp³-hybridized carbons (Fsp3) is 0.519. The number of carbonyl (C=O) groups is 4. The standard InChI is InChI=1S/C52H68N12O8S/c1-7-39-47-61-57-31-63(47)41-29-55-51(60-46(41)64(39)37-11-8-9-12-37)58-38-19-18-36(27-42(38)69-6)48(66)53-20-22-70-23-24-71-25-26-72-30-43(65)59-45(52(3,4)5)50(68)62-21-10-13-40(62)49(67)54-28-34-14-16-35(17-15-34)44-33(2)56-32-73-44/h14-19,27,29,31-32,37,39-40,45H,7-13,20-26,28,30H2,1-6H3,(H,53,66)(H,54,67)(H,59,65)(H,55,58,60)/t39-,40+,45?/m1/s1. The predicted octanol–water partition coefficient (Wildman–Crippen LogP) is 6.07. The lowest BCUT2D eigenvalue weighted by Gasteiger charge is -2.40. The lowest BCUT2D eigenvalue weighted by atomic mass is 9.85. The second kappa shape index (κ2) is 24.4. The van der Waals surface area contributed by atoms with E-state index < -0.39 is 23.4 Å². The first-order chi connectivity index (χ1) is 35.3. The van der Waals surface area contributed by atoms with Crippen LogP contribution in [0.3, 0.4) is 0 Å². The summed E-state index contributed by atoms with van der Waals surface area (Å²) in [5.74, 6) is 1.38. The summed E-state index contributed by atoms with van der Waals surface area (Å²) in [6.45, 7) is 11.8. The molecule has 3 aliphatic rings. The highest BCUT2D eigenvalue weighted by molar-refractivity contribution is 7.13. The zero-order chi connectivity index (χ0) is 51.5. The van der Waals surface area contributed by atoms with Crippen LogP contribution in [0.15, 0.2) is 60.5 Å². The smallest absolute Gasteiger partial charge is 0.251 e. The van der Waals surface area contributed by atoms with Crippen LogP contribution in [0.4, 0.5) is 17.5 Å². The van der Waals surface area contributed by atoms with Gasteiger partial charge in [0.1, 0.15) is 36.5 Å². The summed E-state index contributed by atoms with van der Waals surface area (Å²) < 4.78 is 24.5. The van der Waals surface area contributed by atoms with E-state index in [9.17, 15) is 19.2 Å². The zero-order valence-electron chi connectivity index (χ0n) is 42.6. The summed E-state index contributed by atoms with van der Waals surface area (Å²) in [6.07, 6.45) is 10.2. The van der Waals surface area contributed by atoms with E-state index in [1.165, 1.54) is 12.8 Å². The van der Waals surface area contributed by atoms with Crippen LogP contribution in [0.1, 0.15) is 106 Å². The van der Waals surface area contributed by atoms with Crippen LogP contribution in [0.5, 0.6) is 5.75 Å². The van der Waals surface area contributed by atoms with E-state index in [1.54, 1.807) is 54.1 Å². The van der Waals surface area contributed by atoms with Crippen LogP contribution in [0.2, 0.25) is 0 Å². The van der Waals surface area contributed by atoms with Crippen LogP contribution in [0, 0.1) is 12.3 Å². The molecular weight excluding hydrogens is 953 g/mol. The molecule has 8 rings (SSSR count). The van der Waals surface area contributed by atoms with Crippen LogP contribution in [0.25, 0.3) is 16.1 Å². The average molecular weight is 1020 g/mol. The number of anilines is 3. The lowest BCUT2D eigenvalue weighted by Crippen LogP contribution is -2.58. The molecule has 5 aromatic rings. The number of rotatable bonds is 23. The van der Waals surface area contributed by atoms with Gasteiger partial charge in [-0.25, -0.2) is 9.97 Å². The van der Waals surface area contributed by atoms with E-state index in [0.29, 0.717) is 61.5 Å². The number of likely N-dealkylation sites (tertiary alicyclic amines) is 1. The maximum atomic E-state index is 13.9. The molecule has 3 atom stereocenters. The number of hydrogen-bond donors (Lipinski definition) is 4. The fourth-order valence-corrected chi connectivity index (χ4v) is 10.5. The van der Waals surface area contributed by atoms with Gasteiger partial charge in [0.05, 0.1) is 74.2 Å². The molecule has 390 valence electrons. The minimum absolute atomic E-state index is 0.0572. The molecule has 2 fully saturated rings. The van der Waals surface area contributed by atoms with Crippen LogP contribution in [-0.4, -0.2) is 136 Å². The Morgan fingerprint density at radius 3 is 2.37 bits per heavy atom. The molecule has 4 amide bonds. The van der Waals surface area contributed by atoms with Crippen molar-refractivity contribution in [3.05, 3.63) is 83.1 Å². The normalized spacial score (nSPS) is 17.0. The van der Waals surface area contributed by atoms with Gasteiger partial charge in [-0.05, 0) is 73.8 Å². The van der Waals surface area contributed by atoms with Crippen molar-refractivity contribution < 1.29 is 38.1 Å². The quantitative estimate of drug-likeness (QED) is 0.0544. The molecule has 73 heavy (non-hydrogen) atoms. The minimum Gasteiger partial charge on any atom is -0.495 e. The monoisotopic (exact) mass is 1020 g/mol. The summed E-state index contributed by atoms with van der Waals surface area (Å²) >= 11 is 1.59. The lowest BCUT2D eigenvalue weighted by molar-refractivity contribution is -0.144. The Hall–Kier alpha value is -6.55. The molecule has 0 bridgehead atoms. The van der Waals surface area contributed by atoms with Crippen molar-refractivity contribution in [2.24, 2.45) is 5.41 Å². The molecule has 4 N–H and O–H groups in total. The SMILES string of the molecule is CC[C@@H]1c2nncn2-c2cnc(Nc3ccc(C(=O)NCCOCCOCCOCC(=O)NC(C(=O)N4CCC[C@H]4C(=O)NCc4ccc(-c5scnc5C)cc4)C(C)(C)C)cc3OC)nc2N1C1CCCC1. The van der Waals surface area contributed by atoms with Crippen molar-refractivity contribution in [1.82, 2.24) is 50.6 Å². The second-order valence-electron chi connectivity index (χ2n) is 19.5. The number of amides is 4. The molecule has 2 aromatic carbocycles. The Kier molecular flexibility index (Phi) is 17.7. The molecule has 21 heteroatoms. The van der Waals surface area contributed by atoms with Gasteiger partial charge in [-0.2, -0.15) is 4.98 Å². The maximum absolute atomic E-state index is 13.9. The van der Waals surface area contributed by atoms with Gasteiger partial charge in [0.15, 0.2) is 11.6 Å². The third kappa shape index (κ3) is 12.8. The summed E-state index contributed by atoms with van der Waals surface area (Å²) in [4.78, 5) is 72.5. The fourth-order valence-electron chi connectivity index (χ4n) is 9.68. The van der Waals surface area contributed by atoms with E-state index in [2.05, 4.69) is 53.3 Å². The van der Waals surface area contributed by atoms with E-state index in [-0.39, 0.29) is 63.3 Å². The van der Waals surface area contributed by atoms with Gasteiger partial charge in [0.25, 0.3) is 5.91 Å². The van der Waals surface area contributed by atoms with E-state index in [1.807, 2.05) is 62.0 Å². The highest BCUT2D eigenvalue weighted by Gasteiger charge is 2.42. The first kappa shape index (κ1) is 52.8. The van der Waals surface area contributed by atoms with E-state index >= 15 is 0 Å². The Morgan fingerprint density at radius 1 is 0.904 bits per heavy atom. The van der Waals surface area contributed by atoms with Gasteiger partial charge in [-0.1, -0.05) is 64.8 Å². The van der Waals surface area contributed by atoms with Gasteiger partial charge in [-0.15, -0.1) is 21.5 Å². The number of benzene rings is 2. The van der Waals surface area contributed by atoms with Crippen molar-refractivity contribution in [3.63, 3.8) is 0 Å². The van der Waals surface area contributed by atoms with Gasteiger partial charge < -0.3 is 50.0 Å². The minimum atomic E-state index is -0.862. The molecule has 3 aromatic heterocycles. The average Bonchev–Trinajstić information content (AvgIpc) is 4.25. The maximum Gasteiger partial charge on any atom is 0.251 e. The van der Waals surface area contributed by atoms with Crippen LogP contribution < -0.4 is 30.9 Å². The predicted molar refractivity (Wildman–Crippen MR) is 276 cm³/mol. The van der Waals surface area contributed by atoms with Crippen molar-refractivity contribution in [1.29, 1.82) is 0 Å². The van der Waals surface area contributed by atoms with Crippen molar-refractivity contribution in [2.45, 2.75) is 110 Å². The van der Waals surface area contributed by atoms with Gasteiger partial charge >= 0.3 is 0 Å². The largest absolute Gasteiger partial charge is 0.495 e. The van der Waals surface area contributed by atoms with Crippen LogP contribution in [-0.2, 0) is 35.1 Å². The number of aryl methyl sites for hydroxylation is 1. The number of carbonyl (C=O) groups excluding carboxylic acids is 4. The van der Waals surface area contributed by atoms with Gasteiger partial charge in [-0.3, -0.25) is 23.7 Å². The molecule has 1 saturated heterocycles. The number of fused-ring (bicyclic) bond motifs is 3. The second-order valence-corrected chi connectivity index (χ2v) is 20.4. The number of methoxy groups -OCH3 is 1. The van der Waals surface area contributed by atoms with E-state index in [0.717, 1.165) is 58.3 Å². The third-order valence-electron chi connectivity index (χ3n) is 13.5. The Morgan fingerprint density at radius 2 is 1.66 bits per heavy atom. The molecule has 0 radical (unpaired) electrons. The Bertz CT molecular complexity index is 2680. The van der Waals surface area contributed by atoms with Crippen LogP contribution >= 0.6 is 11.3 Å². The Balaban J connectivity index is 0.708. The first-order valence-corrected chi connectivity index (χ1v) is 26.1. The van der Waals surface area contributed by atoms with Crippen molar-refractivity contribution in [3.8, 4) is 21.9 Å².